The molecule has 0 fully saturated rings. The molecular weight excluding hydrogens is 212 g/mol. The van der Waals surface area contributed by atoms with Crippen LogP contribution in [0.25, 0.3) is 0 Å². The highest BCUT2D eigenvalue weighted by Crippen LogP contribution is 2.29. The second-order valence-electron chi connectivity index (χ2n) is 4.57. The third-order valence-corrected chi connectivity index (χ3v) is 3.09. The Balaban J connectivity index is 4.16. The minimum Gasteiger partial charge on any atom is -0.481 e. The Morgan fingerprint density at radius 2 is 1.87 bits per heavy atom. The van der Waals surface area contributed by atoms with Gasteiger partial charge in [-0.15, -0.1) is 0 Å². The molecule has 0 aliphatic rings. The number of hydrogen-bond acceptors (Lipinski definition) is 3. The quantitative estimate of drug-likeness (QED) is 0.791. The first-order valence-electron chi connectivity index (χ1n) is 5.21. The van der Waals surface area contributed by atoms with E-state index in [2.05, 4.69) is 0 Å². The lowest BCUT2D eigenvalue weighted by Crippen LogP contribution is -2.19. The van der Waals surface area contributed by atoms with Gasteiger partial charge in [-0.2, -0.15) is 0 Å². The average Bonchev–Trinajstić information content (AvgIpc) is 2.01. The van der Waals surface area contributed by atoms with Crippen LogP contribution in [0.4, 0.5) is 0 Å². The summed E-state index contributed by atoms with van der Waals surface area (Å²) in [5, 5.41) is 8.67. The maximum atomic E-state index is 11.8. The first kappa shape index (κ1) is 14.5. The summed E-state index contributed by atoms with van der Waals surface area (Å²) in [7, 11) is 0. The zero-order valence-corrected chi connectivity index (χ0v) is 10.7. The van der Waals surface area contributed by atoms with Gasteiger partial charge in [0.25, 0.3) is 0 Å². The van der Waals surface area contributed by atoms with Crippen molar-refractivity contribution in [1.82, 2.24) is 0 Å². The highest BCUT2D eigenvalue weighted by atomic mass is 32.2. The predicted molar refractivity (Wildman–Crippen MR) is 63.0 cm³/mol. The molecule has 0 radical (unpaired) electrons. The molecule has 0 saturated heterocycles. The lowest BCUT2D eigenvalue weighted by atomic mass is 10.0. The molecule has 0 aromatic heterocycles. The Morgan fingerprint density at radius 1 is 1.33 bits per heavy atom. The van der Waals surface area contributed by atoms with Crippen LogP contribution in [0.2, 0.25) is 0 Å². The molecule has 0 bridgehead atoms. The van der Waals surface area contributed by atoms with Crippen LogP contribution < -0.4 is 0 Å². The van der Waals surface area contributed by atoms with Crippen molar-refractivity contribution in [3.05, 3.63) is 0 Å². The van der Waals surface area contributed by atoms with Gasteiger partial charge in [0.2, 0.25) is 0 Å². The van der Waals surface area contributed by atoms with Crippen LogP contribution >= 0.6 is 11.8 Å². The number of hydrogen-bond donors (Lipinski definition) is 1. The summed E-state index contributed by atoms with van der Waals surface area (Å²) in [6, 6.07) is 0. The fourth-order valence-corrected chi connectivity index (χ4v) is 2.23. The second-order valence-corrected chi connectivity index (χ2v) is 6.40. The van der Waals surface area contributed by atoms with Gasteiger partial charge >= 0.3 is 5.97 Å². The number of carboxylic acids is 1. The highest BCUT2D eigenvalue weighted by Gasteiger charge is 2.23. The Morgan fingerprint density at radius 3 is 2.20 bits per heavy atom. The van der Waals surface area contributed by atoms with Gasteiger partial charge in [-0.05, 0) is 12.8 Å². The Bertz CT molecular complexity index is 230. The number of carbonyl (C=O) groups is 2. The lowest BCUT2D eigenvalue weighted by Gasteiger charge is -2.20. The van der Waals surface area contributed by atoms with Crippen molar-refractivity contribution in [3.8, 4) is 0 Å². The van der Waals surface area contributed by atoms with E-state index in [0.717, 1.165) is 6.42 Å². The van der Waals surface area contributed by atoms with E-state index in [-0.39, 0.29) is 22.2 Å². The van der Waals surface area contributed by atoms with Crippen LogP contribution in [0.3, 0.4) is 0 Å². The van der Waals surface area contributed by atoms with Gasteiger partial charge in [-0.1, -0.05) is 39.5 Å². The van der Waals surface area contributed by atoms with Crippen LogP contribution in [0, 0.1) is 5.92 Å². The molecule has 0 aromatic carbocycles. The summed E-state index contributed by atoms with van der Waals surface area (Å²) in [4.78, 5) is 22.2. The monoisotopic (exact) mass is 232 g/mol. The van der Waals surface area contributed by atoms with Gasteiger partial charge < -0.3 is 5.11 Å². The van der Waals surface area contributed by atoms with Crippen LogP contribution in [0.1, 0.15) is 47.0 Å². The molecule has 0 aromatic rings. The van der Waals surface area contributed by atoms with E-state index in [0.29, 0.717) is 6.42 Å². The molecule has 0 unspecified atom stereocenters. The Kier molecular flexibility index (Phi) is 5.95. The molecule has 0 aliphatic heterocycles. The van der Waals surface area contributed by atoms with E-state index < -0.39 is 5.97 Å². The largest absolute Gasteiger partial charge is 0.481 e. The molecule has 0 rings (SSSR count). The number of carbonyl (C=O) groups excluding carboxylic acids is 1. The molecule has 4 heteroatoms. The molecule has 1 N–H and O–H groups in total. The van der Waals surface area contributed by atoms with Crippen molar-refractivity contribution in [2.75, 3.05) is 0 Å². The van der Waals surface area contributed by atoms with Gasteiger partial charge in [0.15, 0.2) is 5.12 Å². The predicted octanol–water partition coefficient (Wildman–Crippen LogP) is 2.94. The molecular formula is C11H20O3S. The van der Waals surface area contributed by atoms with Crippen LogP contribution in [-0.2, 0) is 9.59 Å². The molecule has 0 aliphatic carbocycles. The minimum atomic E-state index is -0.831. The van der Waals surface area contributed by atoms with Crippen molar-refractivity contribution in [3.63, 3.8) is 0 Å². The summed E-state index contributed by atoms with van der Waals surface area (Å²) < 4.78 is -0.0896. The van der Waals surface area contributed by atoms with Gasteiger partial charge in [0, 0.05) is 17.1 Å². The standard InChI is InChI=1S/C11H20O3S/c1-5-8(6-7-9(12)13)10(14)15-11(2,3)4/h8H,5-7H2,1-4H3,(H,12,13)/t8-/m1/s1. The summed E-state index contributed by atoms with van der Waals surface area (Å²) in [6.45, 7) is 7.88. The summed E-state index contributed by atoms with van der Waals surface area (Å²) >= 11 is 1.31. The van der Waals surface area contributed by atoms with Crippen molar-refractivity contribution >= 4 is 22.8 Å². The fourth-order valence-electron chi connectivity index (χ4n) is 1.17. The smallest absolute Gasteiger partial charge is 0.303 e. The third kappa shape index (κ3) is 7.42. The topological polar surface area (TPSA) is 54.4 Å². The van der Waals surface area contributed by atoms with Crippen molar-refractivity contribution in [2.24, 2.45) is 5.92 Å². The molecule has 0 spiro atoms. The molecule has 88 valence electrons. The van der Waals surface area contributed by atoms with E-state index in [1.165, 1.54) is 11.8 Å². The summed E-state index contributed by atoms with van der Waals surface area (Å²) in [5.74, 6) is -0.952. The third-order valence-electron chi connectivity index (χ3n) is 1.94. The van der Waals surface area contributed by atoms with E-state index in [1.54, 1.807) is 0 Å². The van der Waals surface area contributed by atoms with Gasteiger partial charge in [-0.25, -0.2) is 0 Å². The minimum absolute atomic E-state index is 0.0783. The van der Waals surface area contributed by atoms with Gasteiger partial charge in [0.1, 0.15) is 0 Å². The van der Waals surface area contributed by atoms with Crippen molar-refractivity contribution in [1.29, 1.82) is 0 Å². The average molecular weight is 232 g/mol. The lowest BCUT2D eigenvalue weighted by molar-refractivity contribution is -0.137. The number of carboxylic acid groups (broad SMARTS) is 1. The van der Waals surface area contributed by atoms with Crippen molar-refractivity contribution < 1.29 is 14.7 Å². The molecule has 15 heavy (non-hydrogen) atoms. The Labute approximate surface area is 95.6 Å². The van der Waals surface area contributed by atoms with Crippen LogP contribution in [0.5, 0.6) is 0 Å². The molecule has 1 atom stereocenters. The number of aliphatic carboxylic acids is 1. The molecule has 0 amide bonds. The number of thioether (sulfide) groups is 1. The second kappa shape index (κ2) is 6.16. The van der Waals surface area contributed by atoms with E-state index >= 15 is 0 Å². The molecule has 0 heterocycles. The van der Waals surface area contributed by atoms with Gasteiger partial charge in [-0.3, -0.25) is 9.59 Å². The maximum absolute atomic E-state index is 11.8. The van der Waals surface area contributed by atoms with E-state index in [4.69, 9.17) is 5.11 Å². The molecule has 3 nitrogen and oxygen atoms in total. The Hall–Kier alpha value is -0.510. The number of rotatable bonds is 5. The van der Waals surface area contributed by atoms with E-state index in [1.807, 2.05) is 27.7 Å². The normalized spacial score (nSPS) is 13.6. The summed E-state index contributed by atoms with van der Waals surface area (Å²) in [6.07, 6.45) is 1.25. The highest BCUT2D eigenvalue weighted by molar-refractivity contribution is 8.14. The SMILES string of the molecule is CC[C@H](CCC(=O)O)C(=O)SC(C)(C)C. The fraction of sp³-hybridized carbons (Fsp3) is 0.818. The first-order chi connectivity index (χ1) is 6.76. The van der Waals surface area contributed by atoms with Crippen molar-refractivity contribution in [2.45, 2.75) is 51.7 Å². The van der Waals surface area contributed by atoms with E-state index in [9.17, 15) is 9.59 Å². The molecule has 0 saturated carbocycles. The summed E-state index contributed by atoms with van der Waals surface area (Å²) in [5.41, 5.74) is 0. The first-order valence-corrected chi connectivity index (χ1v) is 6.02. The maximum Gasteiger partial charge on any atom is 0.303 e. The zero-order valence-electron chi connectivity index (χ0n) is 9.87. The van der Waals surface area contributed by atoms with Gasteiger partial charge in [0.05, 0.1) is 0 Å². The zero-order chi connectivity index (χ0) is 12.1. The van der Waals surface area contributed by atoms with Crippen LogP contribution in [-0.4, -0.2) is 20.9 Å². The van der Waals surface area contributed by atoms with Crippen LogP contribution in [0.15, 0.2) is 0 Å².